The number of aliphatic imine (C=N–C) groups is 1. The van der Waals surface area contributed by atoms with Crippen molar-refractivity contribution in [3.63, 3.8) is 0 Å². The number of hydrogen-bond donors (Lipinski definition) is 2. The molecule has 1 unspecified atom stereocenters. The van der Waals surface area contributed by atoms with Gasteiger partial charge < -0.3 is 15.8 Å². The molecule has 1 atom stereocenters. The Bertz CT molecular complexity index is 529. The lowest BCUT2D eigenvalue weighted by atomic mass is 10.4. The molecule has 3 N–H and O–H groups in total. The highest BCUT2D eigenvalue weighted by molar-refractivity contribution is 7.91. The molecule has 0 spiro atoms. The van der Waals surface area contributed by atoms with Gasteiger partial charge in [-0.25, -0.2) is 8.42 Å². The van der Waals surface area contributed by atoms with E-state index in [-0.39, 0.29) is 24.3 Å². The number of sulfone groups is 1. The van der Waals surface area contributed by atoms with Crippen LogP contribution in [0.25, 0.3) is 0 Å². The Kier molecular flexibility index (Phi) is 6.47. The number of nitrogens with zero attached hydrogens (tertiary/aromatic N) is 1. The van der Waals surface area contributed by atoms with Crippen molar-refractivity contribution in [2.24, 2.45) is 10.7 Å². The summed E-state index contributed by atoms with van der Waals surface area (Å²) in [5.41, 5.74) is 5.66. The van der Waals surface area contributed by atoms with Gasteiger partial charge in [-0.1, -0.05) is 18.2 Å². The second kappa shape index (κ2) is 7.86. The van der Waals surface area contributed by atoms with Crippen LogP contribution in [0.2, 0.25) is 0 Å². The highest BCUT2D eigenvalue weighted by Gasteiger charge is 2.13. The van der Waals surface area contributed by atoms with Crippen LogP contribution in [0, 0.1) is 0 Å². The summed E-state index contributed by atoms with van der Waals surface area (Å²) in [5, 5.41) is 2.91. The fourth-order valence-electron chi connectivity index (χ4n) is 1.62. The zero-order chi connectivity index (χ0) is 15.0. The minimum atomic E-state index is -3.31. The fraction of sp³-hybridized carbons (Fsp3) is 0.462. The number of guanidine groups is 1. The second-order valence-electron chi connectivity index (χ2n) is 4.40. The van der Waals surface area contributed by atoms with Gasteiger partial charge in [0.15, 0.2) is 15.8 Å². The first kappa shape index (κ1) is 16.5. The lowest BCUT2D eigenvalue weighted by Gasteiger charge is -2.13. The van der Waals surface area contributed by atoms with E-state index in [2.05, 4.69) is 10.3 Å². The standard InChI is InChI=1S/C13H21N3O3S/c1-11(10-19-2)16-13(14)15-8-9-20(17,18)12-6-4-3-5-7-12/h3-7,11H,8-10H2,1-2H3,(H3,14,15,16). The number of benzene rings is 1. The van der Waals surface area contributed by atoms with Crippen molar-refractivity contribution in [3.05, 3.63) is 30.3 Å². The van der Waals surface area contributed by atoms with Crippen molar-refractivity contribution in [2.45, 2.75) is 17.9 Å². The van der Waals surface area contributed by atoms with E-state index in [0.717, 1.165) is 0 Å². The third-order valence-corrected chi connectivity index (χ3v) is 4.27. The maximum atomic E-state index is 12.0. The van der Waals surface area contributed by atoms with Gasteiger partial charge in [0, 0.05) is 13.2 Å². The SMILES string of the molecule is COCC(C)NC(N)=NCCS(=O)(=O)c1ccccc1. The van der Waals surface area contributed by atoms with E-state index in [1.807, 2.05) is 6.92 Å². The lowest BCUT2D eigenvalue weighted by molar-refractivity contribution is 0.179. The molecule has 0 aliphatic rings. The Morgan fingerprint density at radius 1 is 1.40 bits per heavy atom. The quantitative estimate of drug-likeness (QED) is 0.561. The van der Waals surface area contributed by atoms with Crippen molar-refractivity contribution < 1.29 is 13.2 Å². The van der Waals surface area contributed by atoms with Crippen LogP contribution in [0.3, 0.4) is 0 Å². The maximum Gasteiger partial charge on any atom is 0.188 e. The Balaban J connectivity index is 2.51. The van der Waals surface area contributed by atoms with Gasteiger partial charge in [0.1, 0.15) is 0 Å². The van der Waals surface area contributed by atoms with Crippen LogP contribution in [0.1, 0.15) is 6.92 Å². The molecule has 6 nitrogen and oxygen atoms in total. The van der Waals surface area contributed by atoms with E-state index in [0.29, 0.717) is 11.5 Å². The molecule has 0 saturated heterocycles. The molecule has 7 heteroatoms. The molecule has 0 fully saturated rings. The third kappa shape index (κ3) is 5.58. The molecule has 0 aromatic heterocycles. The van der Waals surface area contributed by atoms with Gasteiger partial charge in [-0.3, -0.25) is 4.99 Å². The summed E-state index contributed by atoms with van der Waals surface area (Å²) in [5.74, 6) is 0.149. The predicted octanol–water partition coefficient (Wildman–Crippen LogP) is 0.400. The van der Waals surface area contributed by atoms with E-state index >= 15 is 0 Å². The summed E-state index contributed by atoms with van der Waals surface area (Å²) in [7, 11) is -1.71. The van der Waals surface area contributed by atoms with Gasteiger partial charge in [0.25, 0.3) is 0 Å². The highest BCUT2D eigenvalue weighted by Crippen LogP contribution is 2.09. The first-order chi connectivity index (χ1) is 9.45. The maximum absolute atomic E-state index is 12.0. The molecular formula is C13H21N3O3S. The molecule has 0 radical (unpaired) electrons. The van der Waals surface area contributed by atoms with E-state index in [4.69, 9.17) is 10.5 Å². The fourth-order valence-corrected chi connectivity index (χ4v) is 2.76. The monoisotopic (exact) mass is 299 g/mol. The van der Waals surface area contributed by atoms with Gasteiger partial charge in [-0.2, -0.15) is 0 Å². The van der Waals surface area contributed by atoms with Gasteiger partial charge in [0.2, 0.25) is 0 Å². The Labute approximate surface area is 120 Å². The molecule has 0 bridgehead atoms. The van der Waals surface area contributed by atoms with Crippen LogP contribution in [0.5, 0.6) is 0 Å². The summed E-state index contributed by atoms with van der Waals surface area (Å²) in [4.78, 5) is 4.31. The Morgan fingerprint density at radius 3 is 2.65 bits per heavy atom. The molecule has 1 aromatic rings. The molecule has 0 aliphatic carbocycles. The van der Waals surface area contributed by atoms with Gasteiger partial charge >= 0.3 is 0 Å². The molecule has 0 heterocycles. The van der Waals surface area contributed by atoms with Gasteiger partial charge in [-0.15, -0.1) is 0 Å². The average molecular weight is 299 g/mol. The zero-order valence-electron chi connectivity index (χ0n) is 11.7. The van der Waals surface area contributed by atoms with Crippen molar-refractivity contribution in [3.8, 4) is 0 Å². The lowest BCUT2D eigenvalue weighted by Crippen LogP contribution is -2.40. The number of nitrogens with two attached hydrogens (primary N) is 1. The van der Waals surface area contributed by atoms with Crippen molar-refractivity contribution in [2.75, 3.05) is 26.0 Å². The smallest absolute Gasteiger partial charge is 0.188 e. The Morgan fingerprint density at radius 2 is 2.05 bits per heavy atom. The molecule has 1 aromatic carbocycles. The topological polar surface area (TPSA) is 93.8 Å². The number of rotatable bonds is 7. The third-order valence-electron chi connectivity index (χ3n) is 2.56. The first-order valence-electron chi connectivity index (χ1n) is 6.29. The zero-order valence-corrected chi connectivity index (χ0v) is 12.6. The normalized spacial score (nSPS) is 14.0. The molecule has 0 saturated carbocycles. The summed E-state index contributed by atoms with van der Waals surface area (Å²) in [6.07, 6.45) is 0. The number of hydrogen-bond acceptors (Lipinski definition) is 4. The van der Waals surface area contributed by atoms with Crippen molar-refractivity contribution in [1.82, 2.24) is 5.32 Å². The largest absolute Gasteiger partial charge is 0.383 e. The highest BCUT2D eigenvalue weighted by atomic mass is 32.2. The minimum absolute atomic E-state index is 0.0227. The Hall–Kier alpha value is -1.60. The van der Waals surface area contributed by atoms with Crippen LogP contribution in [-0.4, -0.2) is 46.4 Å². The van der Waals surface area contributed by atoms with E-state index < -0.39 is 9.84 Å². The van der Waals surface area contributed by atoms with Crippen LogP contribution in [0.4, 0.5) is 0 Å². The van der Waals surface area contributed by atoms with Crippen molar-refractivity contribution in [1.29, 1.82) is 0 Å². The van der Waals surface area contributed by atoms with E-state index in [1.54, 1.807) is 37.4 Å². The van der Waals surface area contributed by atoms with E-state index in [9.17, 15) is 8.42 Å². The number of ether oxygens (including phenoxy) is 1. The van der Waals surface area contributed by atoms with Gasteiger partial charge in [0.05, 0.1) is 23.8 Å². The molecular weight excluding hydrogens is 278 g/mol. The first-order valence-corrected chi connectivity index (χ1v) is 7.94. The number of methoxy groups -OCH3 is 1. The summed E-state index contributed by atoms with van der Waals surface area (Å²) < 4.78 is 28.9. The van der Waals surface area contributed by atoms with Crippen molar-refractivity contribution >= 4 is 15.8 Å². The molecule has 0 amide bonds. The second-order valence-corrected chi connectivity index (χ2v) is 6.51. The molecule has 1 rings (SSSR count). The summed E-state index contributed by atoms with van der Waals surface area (Å²) in [6.45, 7) is 2.51. The van der Waals surface area contributed by atoms with Crippen LogP contribution in [0.15, 0.2) is 40.2 Å². The van der Waals surface area contributed by atoms with Crippen LogP contribution < -0.4 is 11.1 Å². The number of nitrogens with one attached hydrogen (secondary N) is 1. The molecule has 112 valence electrons. The summed E-state index contributed by atoms with van der Waals surface area (Å²) in [6, 6.07) is 8.32. The van der Waals surface area contributed by atoms with E-state index in [1.165, 1.54) is 0 Å². The van der Waals surface area contributed by atoms with Gasteiger partial charge in [-0.05, 0) is 19.1 Å². The molecule has 20 heavy (non-hydrogen) atoms. The average Bonchev–Trinajstić information content (AvgIpc) is 2.39. The summed E-state index contributed by atoms with van der Waals surface area (Å²) >= 11 is 0. The van der Waals surface area contributed by atoms with Crippen LogP contribution >= 0.6 is 0 Å². The van der Waals surface area contributed by atoms with Crippen LogP contribution in [-0.2, 0) is 14.6 Å². The predicted molar refractivity (Wildman–Crippen MR) is 79.5 cm³/mol. The molecule has 0 aliphatic heterocycles. The minimum Gasteiger partial charge on any atom is -0.383 e.